The van der Waals surface area contributed by atoms with Crippen LogP contribution in [0.1, 0.15) is 36.3 Å². The number of anilines is 1. The van der Waals surface area contributed by atoms with E-state index in [4.69, 9.17) is 4.52 Å². The first-order valence-corrected chi connectivity index (χ1v) is 10.4. The average molecular weight is 415 g/mol. The summed E-state index contributed by atoms with van der Waals surface area (Å²) in [7, 11) is 0. The van der Waals surface area contributed by atoms with Gasteiger partial charge in [-0.25, -0.2) is 0 Å². The molecule has 2 atom stereocenters. The molecule has 0 spiro atoms. The van der Waals surface area contributed by atoms with Crippen molar-refractivity contribution in [2.75, 3.05) is 11.4 Å². The molecule has 3 heterocycles. The molecule has 0 radical (unpaired) electrons. The van der Waals surface area contributed by atoms with Gasteiger partial charge in [-0.1, -0.05) is 35.0 Å². The third kappa shape index (κ3) is 3.05. The topological polar surface area (TPSA) is 109 Å². The number of nitriles is 1. The molecule has 8 heteroatoms. The molecule has 1 fully saturated rings. The van der Waals surface area contributed by atoms with E-state index < -0.39 is 10.3 Å². The second kappa shape index (κ2) is 7.20. The molecule has 31 heavy (non-hydrogen) atoms. The van der Waals surface area contributed by atoms with Crippen molar-refractivity contribution in [1.29, 1.82) is 5.26 Å². The molecule has 1 saturated heterocycles. The fourth-order valence-electron chi connectivity index (χ4n) is 4.86. The zero-order valence-electron chi connectivity index (χ0n) is 17.1. The second-order valence-electron chi connectivity index (χ2n) is 8.32. The third-order valence-corrected chi connectivity index (χ3v) is 6.44. The highest BCUT2D eigenvalue weighted by molar-refractivity contribution is 5.64. The molecule has 0 unspecified atom stereocenters. The average Bonchev–Trinajstić information content (AvgIpc) is 3.29. The van der Waals surface area contributed by atoms with Crippen LogP contribution in [0.3, 0.4) is 0 Å². The fourth-order valence-corrected chi connectivity index (χ4v) is 4.86. The van der Waals surface area contributed by atoms with Crippen LogP contribution in [0.15, 0.2) is 47.0 Å². The van der Waals surface area contributed by atoms with Crippen molar-refractivity contribution in [3.8, 4) is 17.5 Å². The number of hydrogen-bond donors (Lipinski definition) is 0. The molecule has 0 N–H and O–H groups in total. The molecule has 0 saturated carbocycles. The number of piperidine rings is 1. The van der Waals surface area contributed by atoms with Crippen LogP contribution in [-0.4, -0.2) is 27.7 Å². The summed E-state index contributed by atoms with van der Waals surface area (Å²) in [6.45, 7) is 2.80. The molecule has 3 aromatic rings. The zero-order valence-corrected chi connectivity index (χ0v) is 17.1. The molecule has 2 aliphatic heterocycles. The standard InChI is InChI=1S/C23H21N5O3/c1-15-5-7-16(8-6-15)21-25-22(31-26-21)23(14-24)13-17-12-18(28(29)30)9-10-19(17)27-11-3-2-4-20(23)27/h5-10,12,20H,2-4,11,13H2,1H3/t20-,23-/m1/s1. The third-order valence-electron chi connectivity index (χ3n) is 6.44. The minimum Gasteiger partial charge on any atom is -0.366 e. The van der Waals surface area contributed by atoms with Crippen molar-refractivity contribution in [2.24, 2.45) is 0 Å². The largest absolute Gasteiger partial charge is 0.366 e. The van der Waals surface area contributed by atoms with Crippen LogP contribution in [0.4, 0.5) is 11.4 Å². The van der Waals surface area contributed by atoms with Gasteiger partial charge in [0.15, 0.2) is 5.41 Å². The van der Waals surface area contributed by atoms with Crippen LogP contribution in [0, 0.1) is 28.4 Å². The minimum absolute atomic E-state index is 0.0203. The summed E-state index contributed by atoms with van der Waals surface area (Å²) in [5, 5.41) is 25.9. The van der Waals surface area contributed by atoms with Gasteiger partial charge < -0.3 is 9.42 Å². The van der Waals surface area contributed by atoms with E-state index in [0.717, 1.165) is 48.2 Å². The first-order chi connectivity index (χ1) is 15.0. The smallest absolute Gasteiger partial charge is 0.269 e. The highest BCUT2D eigenvalue weighted by atomic mass is 16.6. The summed E-state index contributed by atoms with van der Waals surface area (Å²) in [6.07, 6.45) is 3.14. The van der Waals surface area contributed by atoms with Crippen molar-refractivity contribution < 1.29 is 9.45 Å². The number of hydrogen-bond acceptors (Lipinski definition) is 7. The molecular weight excluding hydrogens is 394 g/mol. The Balaban J connectivity index is 1.62. The summed E-state index contributed by atoms with van der Waals surface area (Å²) < 4.78 is 5.68. The number of non-ortho nitro benzene ring substituents is 1. The van der Waals surface area contributed by atoms with E-state index in [1.807, 2.05) is 31.2 Å². The van der Waals surface area contributed by atoms with E-state index >= 15 is 0 Å². The van der Waals surface area contributed by atoms with E-state index in [1.165, 1.54) is 6.07 Å². The normalized spacial score (nSPS) is 22.3. The number of aryl methyl sites for hydroxylation is 1. The Bertz CT molecular complexity index is 1200. The van der Waals surface area contributed by atoms with E-state index in [-0.39, 0.29) is 17.6 Å². The number of benzene rings is 2. The maximum absolute atomic E-state index is 11.3. The zero-order chi connectivity index (χ0) is 21.6. The van der Waals surface area contributed by atoms with Gasteiger partial charge in [0.05, 0.1) is 17.0 Å². The molecule has 5 rings (SSSR count). The van der Waals surface area contributed by atoms with Crippen LogP contribution in [0.2, 0.25) is 0 Å². The van der Waals surface area contributed by atoms with Crippen LogP contribution in [0.25, 0.3) is 11.4 Å². The van der Waals surface area contributed by atoms with Crippen molar-refractivity contribution in [2.45, 2.75) is 44.1 Å². The number of nitro groups is 1. The fraction of sp³-hybridized carbons (Fsp3) is 0.348. The lowest BCUT2D eigenvalue weighted by molar-refractivity contribution is -0.384. The Morgan fingerprint density at radius 1 is 1.26 bits per heavy atom. The van der Waals surface area contributed by atoms with Gasteiger partial charge in [-0.2, -0.15) is 10.2 Å². The quantitative estimate of drug-likeness (QED) is 0.462. The van der Waals surface area contributed by atoms with Gasteiger partial charge in [-0.3, -0.25) is 10.1 Å². The number of nitro benzene ring substituents is 1. The summed E-state index contributed by atoms with van der Waals surface area (Å²) in [5.41, 5.74) is 2.64. The van der Waals surface area contributed by atoms with Crippen LogP contribution in [0.5, 0.6) is 0 Å². The predicted octanol–water partition coefficient (Wildman–Crippen LogP) is 4.33. The maximum atomic E-state index is 11.3. The van der Waals surface area contributed by atoms with Gasteiger partial charge in [0.1, 0.15) is 0 Å². The second-order valence-corrected chi connectivity index (χ2v) is 8.32. The van der Waals surface area contributed by atoms with Crippen LogP contribution < -0.4 is 4.90 Å². The highest BCUT2D eigenvalue weighted by Crippen LogP contribution is 2.47. The van der Waals surface area contributed by atoms with Crippen LogP contribution in [-0.2, 0) is 11.8 Å². The van der Waals surface area contributed by atoms with Gasteiger partial charge in [0, 0.05) is 36.3 Å². The maximum Gasteiger partial charge on any atom is 0.269 e. The molecule has 8 nitrogen and oxygen atoms in total. The van der Waals surface area contributed by atoms with Crippen LogP contribution >= 0.6 is 0 Å². The summed E-state index contributed by atoms with van der Waals surface area (Å²) in [6, 6.07) is 15.1. The Labute approximate surface area is 179 Å². The van der Waals surface area contributed by atoms with Gasteiger partial charge in [-0.05, 0) is 37.8 Å². The molecule has 0 aliphatic carbocycles. The van der Waals surface area contributed by atoms with E-state index in [9.17, 15) is 15.4 Å². The van der Waals surface area contributed by atoms with Crippen molar-refractivity contribution in [3.63, 3.8) is 0 Å². The molecule has 2 aromatic carbocycles. The summed E-state index contributed by atoms with van der Waals surface area (Å²) in [4.78, 5) is 17.8. The van der Waals surface area contributed by atoms with Crippen molar-refractivity contribution >= 4 is 11.4 Å². The van der Waals surface area contributed by atoms with E-state index in [1.54, 1.807) is 12.1 Å². The van der Waals surface area contributed by atoms with Gasteiger partial charge >= 0.3 is 0 Å². The lowest BCUT2D eigenvalue weighted by atomic mass is 9.69. The molecular formula is C23H21N5O3. The van der Waals surface area contributed by atoms with Gasteiger partial charge in [-0.15, -0.1) is 0 Å². The predicted molar refractivity (Wildman–Crippen MR) is 114 cm³/mol. The first-order valence-electron chi connectivity index (χ1n) is 10.4. The molecule has 1 aromatic heterocycles. The summed E-state index contributed by atoms with van der Waals surface area (Å²) >= 11 is 0. The van der Waals surface area contributed by atoms with Gasteiger partial charge in [0.25, 0.3) is 5.69 Å². The number of fused-ring (bicyclic) bond motifs is 3. The Morgan fingerprint density at radius 2 is 2.06 bits per heavy atom. The molecule has 2 aliphatic rings. The first kappa shape index (κ1) is 19.2. The van der Waals surface area contributed by atoms with Crippen molar-refractivity contribution in [3.05, 3.63) is 69.6 Å². The van der Waals surface area contributed by atoms with Crippen molar-refractivity contribution in [1.82, 2.24) is 10.1 Å². The number of nitrogens with zero attached hydrogens (tertiary/aromatic N) is 5. The minimum atomic E-state index is -1.06. The lowest BCUT2D eigenvalue weighted by Crippen LogP contribution is -2.57. The molecule has 0 amide bonds. The van der Waals surface area contributed by atoms with E-state index in [2.05, 4.69) is 21.1 Å². The van der Waals surface area contributed by atoms with Gasteiger partial charge in [0.2, 0.25) is 11.7 Å². The Kier molecular flexibility index (Phi) is 4.47. The number of rotatable bonds is 3. The lowest BCUT2D eigenvalue weighted by Gasteiger charge is -2.48. The Hall–Kier alpha value is -3.73. The molecule has 156 valence electrons. The monoisotopic (exact) mass is 415 g/mol. The summed E-state index contributed by atoms with van der Waals surface area (Å²) in [5.74, 6) is 0.719. The Morgan fingerprint density at radius 3 is 2.81 bits per heavy atom. The highest BCUT2D eigenvalue weighted by Gasteiger charge is 2.53. The molecule has 0 bridgehead atoms. The van der Waals surface area contributed by atoms with E-state index in [0.29, 0.717) is 12.2 Å². The number of aromatic nitrogens is 2. The SMILES string of the molecule is Cc1ccc(-c2noc([C@@]3(C#N)Cc4cc([N+](=O)[O-])ccc4N4CCCC[C@@H]43)n2)cc1.